The molecule has 0 bridgehead atoms. The van der Waals surface area contributed by atoms with E-state index >= 15 is 0 Å². The van der Waals surface area contributed by atoms with Crippen LogP contribution in [0.3, 0.4) is 0 Å². The van der Waals surface area contributed by atoms with Gasteiger partial charge in [-0.2, -0.15) is 9.78 Å². The maximum atomic E-state index is 12.3. The summed E-state index contributed by atoms with van der Waals surface area (Å²) in [5.74, 6) is 4.35. The molecule has 0 aliphatic carbocycles. The zero-order chi connectivity index (χ0) is 15.6. The van der Waals surface area contributed by atoms with Crippen LogP contribution in [0.15, 0.2) is 15.8 Å². The maximum absolute atomic E-state index is 12.3. The number of ether oxygens (including phenoxy) is 1. The molecule has 1 aromatic rings. The highest BCUT2D eigenvalue weighted by Gasteiger charge is 2.54. The van der Waals surface area contributed by atoms with E-state index < -0.39 is 48.5 Å². The number of aromatic amines is 1. The molecule has 1 fully saturated rings. The van der Waals surface area contributed by atoms with Crippen molar-refractivity contribution in [2.45, 2.75) is 24.0 Å². The van der Waals surface area contributed by atoms with Gasteiger partial charge < -0.3 is 20.7 Å². The van der Waals surface area contributed by atoms with Gasteiger partial charge in [-0.25, -0.2) is 9.18 Å². The number of nitrogens with zero attached hydrogens (tertiary/aromatic N) is 2. The number of alkyl halides is 1. The molecule has 0 amide bonds. The Kier molecular flexibility index (Phi) is 4.19. The van der Waals surface area contributed by atoms with Crippen molar-refractivity contribution in [3.63, 3.8) is 0 Å². The number of hydrogen-bond acceptors (Lipinski definition) is 7. The number of aliphatic hydroxyl groups is 2. The van der Waals surface area contributed by atoms with Crippen molar-refractivity contribution >= 4 is 0 Å². The number of hydrogen-bond donors (Lipinski definition) is 4. The van der Waals surface area contributed by atoms with Gasteiger partial charge >= 0.3 is 5.69 Å². The molecular weight excluding hydrogens is 287 g/mol. The summed E-state index contributed by atoms with van der Waals surface area (Å²) >= 11 is 0. The number of halogens is 1. The second-order valence-electron chi connectivity index (χ2n) is 4.41. The lowest BCUT2D eigenvalue weighted by atomic mass is 9.92. The highest BCUT2D eigenvalue weighted by molar-refractivity contribution is 5.25. The number of rotatable bonds is 2. The van der Waals surface area contributed by atoms with Crippen LogP contribution in [-0.2, 0) is 4.74 Å². The van der Waals surface area contributed by atoms with Crippen molar-refractivity contribution in [2.75, 3.05) is 13.3 Å². The Morgan fingerprint density at radius 1 is 1.62 bits per heavy atom. The van der Waals surface area contributed by atoms with Crippen LogP contribution < -0.4 is 17.0 Å². The Bertz CT molecular complexity index is 692. The van der Waals surface area contributed by atoms with E-state index in [4.69, 9.17) is 15.6 Å². The van der Waals surface area contributed by atoms with E-state index in [1.165, 1.54) is 0 Å². The van der Waals surface area contributed by atoms with Gasteiger partial charge in [-0.15, -0.1) is 0 Å². The molecular formula is C11H13FN4O5. The smallest absolute Gasteiger partial charge is 0.347 e. The first-order valence-electron chi connectivity index (χ1n) is 5.91. The molecule has 5 N–H and O–H groups in total. The Balaban J connectivity index is 2.53. The highest BCUT2D eigenvalue weighted by atomic mass is 19.1. The summed E-state index contributed by atoms with van der Waals surface area (Å²) in [6.07, 6.45) is -3.19. The van der Waals surface area contributed by atoms with Gasteiger partial charge in [0.15, 0.2) is 11.8 Å². The molecule has 1 aliphatic heterocycles. The predicted molar refractivity (Wildman–Crippen MR) is 66.8 cm³/mol. The molecule has 3 unspecified atom stereocenters. The molecule has 2 rings (SSSR count). The van der Waals surface area contributed by atoms with Crippen LogP contribution in [0.1, 0.15) is 6.23 Å². The summed E-state index contributed by atoms with van der Waals surface area (Å²) < 4.78 is 18.2. The standard InChI is InChI=1S/C11H13FN4O5/c12-3-1-2-11(13)8(19)6(5-17)21-9(11)16-10(20)15-7(18)4-14-16/h4,6,8-9,17,19H,3,5,13H2,(H,15,18,20)/t6?,8?,9?,11-/m1/s1. The summed E-state index contributed by atoms with van der Waals surface area (Å²) in [5, 5.41) is 22.8. The van der Waals surface area contributed by atoms with Crippen LogP contribution >= 0.6 is 0 Å². The SMILES string of the molecule is N[C@]1(C#CCF)C(O)C(CO)OC1n1ncc(=O)[nH]c1=O. The molecule has 1 aliphatic rings. The van der Waals surface area contributed by atoms with Crippen LogP contribution in [0, 0.1) is 11.8 Å². The topological polar surface area (TPSA) is 143 Å². The molecule has 0 radical (unpaired) electrons. The van der Waals surface area contributed by atoms with Gasteiger partial charge in [0, 0.05) is 0 Å². The summed E-state index contributed by atoms with van der Waals surface area (Å²) in [5.41, 5.74) is 2.39. The lowest BCUT2D eigenvalue weighted by Gasteiger charge is -2.26. The minimum absolute atomic E-state index is 0.591. The van der Waals surface area contributed by atoms with Gasteiger partial charge in [0.1, 0.15) is 25.1 Å². The summed E-state index contributed by atoms with van der Waals surface area (Å²) in [7, 11) is 0. The van der Waals surface area contributed by atoms with E-state index in [2.05, 4.69) is 16.9 Å². The van der Waals surface area contributed by atoms with Crippen LogP contribution in [0.5, 0.6) is 0 Å². The third-order valence-corrected chi connectivity index (χ3v) is 3.07. The van der Waals surface area contributed by atoms with Crippen molar-refractivity contribution in [2.24, 2.45) is 5.73 Å². The number of nitrogens with two attached hydrogens (primary N) is 1. The van der Waals surface area contributed by atoms with Gasteiger partial charge in [-0.1, -0.05) is 11.8 Å². The second kappa shape index (κ2) is 5.74. The number of aromatic nitrogens is 3. The molecule has 10 heteroatoms. The van der Waals surface area contributed by atoms with E-state index in [9.17, 15) is 19.1 Å². The van der Waals surface area contributed by atoms with E-state index in [-0.39, 0.29) is 0 Å². The summed E-state index contributed by atoms with van der Waals surface area (Å²) in [6.45, 7) is -1.61. The van der Waals surface area contributed by atoms with Crippen LogP contribution in [-0.4, -0.2) is 56.0 Å². The minimum Gasteiger partial charge on any atom is -0.394 e. The maximum Gasteiger partial charge on any atom is 0.347 e. The summed E-state index contributed by atoms with van der Waals surface area (Å²) in [6, 6.07) is 0. The molecule has 0 spiro atoms. The highest BCUT2D eigenvalue weighted by Crippen LogP contribution is 2.34. The average molecular weight is 300 g/mol. The Hall–Kier alpha value is -2.06. The first kappa shape index (κ1) is 15.3. The fraction of sp³-hybridized carbons (Fsp3) is 0.545. The van der Waals surface area contributed by atoms with Crippen molar-refractivity contribution in [3.05, 3.63) is 27.0 Å². The van der Waals surface area contributed by atoms with Gasteiger partial charge in [-0.05, 0) is 0 Å². The quantitative estimate of drug-likeness (QED) is 0.422. The number of H-pyrrole nitrogens is 1. The Morgan fingerprint density at radius 3 is 2.90 bits per heavy atom. The largest absolute Gasteiger partial charge is 0.394 e. The van der Waals surface area contributed by atoms with Gasteiger partial charge in [-0.3, -0.25) is 9.78 Å². The normalized spacial score (nSPS) is 31.7. The fourth-order valence-corrected chi connectivity index (χ4v) is 2.06. The van der Waals surface area contributed by atoms with Gasteiger partial charge in [0.25, 0.3) is 5.56 Å². The van der Waals surface area contributed by atoms with E-state index in [1.54, 1.807) is 0 Å². The molecule has 0 aromatic carbocycles. The predicted octanol–water partition coefficient (Wildman–Crippen LogP) is -3.15. The first-order valence-corrected chi connectivity index (χ1v) is 5.91. The molecule has 1 aromatic heterocycles. The molecule has 114 valence electrons. The van der Waals surface area contributed by atoms with Crippen molar-refractivity contribution < 1.29 is 19.3 Å². The third-order valence-electron chi connectivity index (χ3n) is 3.07. The number of aliphatic hydroxyl groups excluding tert-OH is 2. The van der Waals surface area contributed by atoms with Crippen LogP contribution in [0.25, 0.3) is 0 Å². The monoisotopic (exact) mass is 300 g/mol. The fourth-order valence-electron chi connectivity index (χ4n) is 2.06. The van der Waals surface area contributed by atoms with E-state index in [0.717, 1.165) is 6.20 Å². The second-order valence-corrected chi connectivity index (χ2v) is 4.41. The van der Waals surface area contributed by atoms with Gasteiger partial charge in [0.05, 0.1) is 6.61 Å². The Labute approximate surface area is 117 Å². The van der Waals surface area contributed by atoms with Crippen LogP contribution in [0.2, 0.25) is 0 Å². The van der Waals surface area contributed by atoms with E-state index in [1.807, 2.05) is 4.98 Å². The Morgan fingerprint density at radius 2 is 2.33 bits per heavy atom. The minimum atomic E-state index is -1.87. The number of nitrogens with one attached hydrogen (secondary N) is 1. The average Bonchev–Trinajstić information content (AvgIpc) is 2.70. The molecule has 2 heterocycles. The lowest BCUT2D eigenvalue weighted by Crippen LogP contribution is -2.55. The van der Waals surface area contributed by atoms with Gasteiger partial charge in [0.2, 0.25) is 0 Å². The van der Waals surface area contributed by atoms with Crippen molar-refractivity contribution in [1.29, 1.82) is 0 Å². The molecule has 21 heavy (non-hydrogen) atoms. The van der Waals surface area contributed by atoms with Crippen LogP contribution in [0.4, 0.5) is 4.39 Å². The third kappa shape index (κ3) is 2.59. The van der Waals surface area contributed by atoms with E-state index in [0.29, 0.717) is 4.68 Å². The molecule has 9 nitrogen and oxygen atoms in total. The molecule has 0 saturated carbocycles. The lowest BCUT2D eigenvalue weighted by molar-refractivity contribution is -0.0530. The first-order chi connectivity index (χ1) is 9.93. The van der Waals surface area contributed by atoms with Crippen molar-refractivity contribution in [1.82, 2.24) is 14.8 Å². The van der Waals surface area contributed by atoms with Crippen molar-refractivity contribution in [3.8, 4) is 11.8 Å². The zero-order valence-electron chi connectivity index (χ0n) is 10.7. The molecule has 1 saturated heterocycles. The molecule has 4 atom stereocenters. The zero-order valence-corrected chi connectivity index (χ0v) is 10.7. The summed E-state index contributed by atoms with van der Waals surface area (Å²) in [4.78, 5) is 24.7.